The van der Waals surface area contributed by atoms with E-state index in [1.165, 1.54) is 12.0 Å². The van der Waals surface area contributed by atoms with E-state index in [9.17, 15) is 49.9 Å². The van der Waals surface area contributed by atoms with E-state index in [1.54, 1.807) is 0 Å². The van der Waals surface area contributed by atoms with Gasteiger partial charge in [0.2, 0.25) is 5.69 Å². The molecule has 0 aromatic heterocycles. The molecule has 18 nitrogen and oxygen atoms in total. The zero-order valence-electron chi connectivity index (χ0n) is 46.9. The van der Waals surface area contributed by atoms with Crippen molar-refractivity contribution >= 4 is 88.5 Å². The van der Waals surface area contributed by atoms with Gasteiger partial charge >= 0.3 is 35.5 Å². The molecule has 8 rings (SSSR count). The molecule has 0 radical (unpaired) electrons. The number of carbonyl (C=O) groups excluding carboxylic acids is 5. The molecule has 4 aliphatic rings. The zero-order valence-corrected chi connectivity index (χ0v) is 49.5. The SMILES string of the molecule is CC1(C)C(=CC=CC=CC=CC2=[N+](CCCCS(=O)(=O)[O-])c3ccc4ccc(OCCCCCC(=O)ON5C(=O)CCC5=O)cc4c3C2(C)C)N(CCCCS(=O)(=O)[O-])c2ccc3ccccc3c21.O=C1CCC(=O)N1O.[2H]C#C.[Na+]. The summed E-state index contributed by atoms with van der Waals surface area (Å²) in [6.07, 6.45) is 23.6. The van der Waals surface area contributed by atoms with E-state index >= 15 is 0 Å². The molecule has 4 aromatic carbocycles. The number of rotatable bonds is 22. The zero-order chi connectivity index (χ0) is 58.4. The maximum atomic E-state index is 12.2. The third-order valence-electron chi connectivity index (χ3n) is 14.1. The second-order valence-electron chi connectivity index (χ2n) is 20.4. The average Bonchev–Trinajstić information content (AvgIpc) is 3.69. The summed E-state index contributed by atoms with van der Waals surface area (Å²) in [5.74, 6) is -2.77. The fraction of sp³-hybridized carbons (Fsp3) is 0.390. The van der Waals surface area contributed by atoms with E-state index in [2.05, 4.69) is 92.1 Å². The minimum absolute atomic E-state index is 0. The van der Waals surface area contributed by atoms with Crippen LogP contribution in [-0.4, -0.2) is 112 Å². The van der Waals surface area contributed by atoms with Gasteiger partial charge in [0.05, 0.1) is 32.3 Å². The molecule has 0 bridgehead atoms. The Balaban J connectivity index is 0.000000905. The maximum Gasteiger partial charge on any atom is 1.00 e. The predicted molar refractivity (Wildman–Crippen MR) is 298 cm³/mol. The molecule has 4 heterocycles. The number of carbonyl (C=O) groups is 5. The Morgan fingerprint density at radius 2 is 1.31 bits per heavy atom. The van der Waals surface area contributed by atoms with E-state index in [-0.39, 0.29) is 85.0 Å². The van der Waals surface area contributed by atoms with E-state index in [0.717, 1.165) is 49.9 Å². The molecule has 0 unspecified atom stereocenters. The number of anilines is 1. The minimum atomic E-state index is -4.35. The van der Waals surface area contributed by atoms with Crippen LogP contribution in [0.2, 0.25) is 0 Å². The van der Waals surface area contributed by atoms with Gasteiger partial charge in [0, 0.05) is 91.1 Å². The number of hydroxylamine groups is 4. The van der Waals surface area contributed by atoms with Gasteiger partial charge in [-0.15, -0.1) is 17.9 Å². The summed E-state index contributed by atoms with van der Waals surface area (Å²) in [5.41, 5.74) is 5.57. The number of allylic oxidation sites excluding steroid dienone is 8. The maximum absolute atomic E-state index is 12.2. The van der Waals surface area contributed by atoms with Gasteiger partial charge in [-0.3, -0.25) is 24.4 Å². The Morgan fingerprint density at radius 3 is 1.96 bits per heavy atom. The molecule has 2 saturated heterocycles. The van der Waals surface area contributed by atoms with Gasteiger partial charge in [-0.25, -0.2) is 21.6 Å². The molecule has 1 N–H and O–H groups in total. The van der Waals surface area contributed by atoms with Crippen molar-refractivity contribution in [3.05, 3.63) is 126 Å². The van der Waals surface area contributed by atoms with Crippen molar-refractivity contribution < 1.29 is 100 Å². The minimum Gasteiger partial charge on any atom is -0.748 e. The van der Waals surface area contributed by atoms with Gasteiger partial charge in [0.25, 0.3) is 23.6 Å². The first-order valence-electron chi connectivity index (χ1n) is 26.6. The Bertz CT molecular complexity index is 3420. The van der Waals surface area contributed by atoms with Crippen molar-refractivity contribution in [3.8, 4) is 18.6 Å². The van der Waals surface area contributed by atoms with Crippen LogP contribution in [0.3, 0.4) is 0 Å². The van der Waals surface area contributed by atoms with E-state index < -0.39 is 66.8 Å². The van der Waals surface area contributed by atoms with Crippen LogP contribution in [0.5, 0.6) is 5.75 Å². The molecule has 0 saturated carbocycles. The molecule has 0 spiro atoms. The smallest absolute Gasteiger partial charge is 0.748 e. The van der Waals surface area contributed by atoms with Crippen LogP contribution in [0.25, 0.3) is 21.5 Å². The van der Waals surface area contributed by atoms with Gasteiger partial charge in [0.15, 0.2) is 5.71 Å². The number of fused-ring (bicyclic) bond motifs is 6. The molecule has 420 valence electrons. The van der Waals surface area contributed by atoms with Crippen LogP contribution in [0, 0.1) is 12.8 Å². The van der Waals surface area contributed by atoms with Crippen molar-refractivity contribution in [1.82, 2.24) is 10.1 Å². The van der Waals surface area contributed by atoms with Crippen molar-refractivity contribution in [2.75, 3.05) is 36.1 Å². The first-order valence-corrected chi connectivity index (χ1v) is 29.3. The second kappa shape index (κ2) is 28.4. The summed E-state index contributed by atoms with van der Waals surface area (Å²) in [6.45, 7) is 10.2. The number of benzene rings is 4. The summed E-state index contributed by atoms with van der Waals surface area (Å²) < 4.78 is 82.6. The predicted octanol–water partition coefficient (Wildman–Crippen LogP) is 5.69. The van der Waals surface area contributed by atoms with Crippen molar-refractivity contribution in [2.24, 2.45) is 0 Å². The first kappa shape index (κ1) is 62.9. The number of imide groups is 2. The molecule has 0 aliphatic carbocycles. The van der Waals surface area contributed by atoms with Crippen molar-refractivity contribution in [3.63, 3.8) is 0 Å². The van der Waals surface area contributed by atoms with Gasteiger partial charge < -0.3 is 23.6 Å². The molecule has 4 aliphatic heterocycles. The Kier molecular flexibility index (Phi) is 22.4. The number of nitrogens with zero attached hydrogens (tertiary/aromatic N) is 4. The van der Waals surface area contributed by atoms with Crippen LogP contribution >= 0.6 is 0 Å². The summed E-state index contributed by atoms with van der Waals surface area (Å²) in [5, 5.41) is 13.5. The molecule has 21 heteroatoms. The largest absolute Gasteiger partial charge is 1.00 e. The van der Waals surface area contributed by atoms with Crippen molar-refractivity contribution in [1.29, 1.82) is 0 Å². The van der Waals surface area contributed by atoms with E-state index in [4.69, 9.17) is 16.2 Å². The topological polar surface area (TPSA) is 251 Å². The normalized spacial score (nSPS) is 17.2. The Hall–Kier alpha value is -6.28. The standard InChI is InChI=1S/C53H61N3O11S2.C4H5NO3.C2H2.Na/c1-52(2)45(54(32-14-17-35-68(60,61)62)43-28-25-38-19-12-13-20-41(38)50(43)52)21-9-6-5-7-10-22-46-53(3,4)51-42-37-40(66-34-16-8-11-23-49(59)67-56-47(57)30-31-48(56)58)27-24-39(42)26-29-44(51)55(46)33-15-18-36-69(63,64)65;6-3-1-2-4(7)5(3)8;1-2;/h5-7,9-10,12-13,19-22,24-29,37H,8,11,14-18,23,30-36H2,1-4H3,(H-,60,61,62,63,64,65);8H,1-2H2;1-2H;/q;;;+1/p-1/i;;1D;. The molecule has 0 atom stereocenters. The number of hydrogen-bond acceptors (Lipinski definition) is 15. The fourth-order valence-corrected chi connectivity index (χ4v) is 11.5. The number of hydrogen-bond donors (Lipinski definition) is 1. The van der Waals surface area contributed by atoms with Gasteiger partial charge in [-0.2, -0.15) is 9.64 Å². The van der Waals surface area contributed by atoms with Crippen LogP contribution in [0.4, 0.5) is 11.4 Å². The summed E-state index contributed by atoms with van der Waals surface area (Å²) in [7, 11) is -8.65. The first-order chi connectivity index (χ1) is 37.9. The summed E-state index contributed by atoms with van der Waals surface area (Å²) in [6, 6.07) is 22.6. The van der Waals surface area contributed by atoms with Crippen LogP contribution in [0.1, 0.15) is 117 Å². The third kappa shape index (κ3) is 16.2. The number of ether oxygens (including phenoxy) is 1. The third-order valence-corrected chi connectivity index (χ3v) is 15.7. The van der Waals surface area contributed by atoms with E-state index in [0.29, 0.717) is 62.6 Å². The molecule has 80 heavy (non-hydrogen) atoms. The summed E-state index contributed by atoms with van der Waals surface area (Å²) in [4.78, 5) is 63.4. The molecule has 4 aromatic rings. The second-order valence-corrected chi connectivity index (χ2v) is 23.4. The Labute approximate surface area is 492 Å². The number of amides is 4. The van der Waals surface area contributed by atoms with Crippen molar-refractivity contribution in [2.45, 2.75) is 116 Å². The summed E-state index contributed by atoms with van der Waals surface area (Å²) >= 11 is 0. The van der Waals surface area contributed by atoms with Gasteiger partial charge in [0.1, 0.15) is 13.7 Å². The quantitative estimate of drug-likeness (QED) is 0.0145. The number of terminal acetylenes is 1. The molecule has 2 fully saturated rings. The van der Waals surface area contributed by atoms with Crippen LogP contribution < -0.4 is 39.2 Å². The monoisotopic (exact) mass is 1140 g/mol. The average molecular weight is 1140 g/mol. The fourth-order valence-electron chi connectivity index (χ4n) is 10.4. The van der Waals surface area contributed by atoms with Crippen LogP contribution in [0.15, 0.2) is 115 Å². The van der Waals surface area contributed by atoms with Gasteiger partial charge in [-0.05, 0) is 110 Å². The molecular weight excluding hydrogens is 1080 g/mol. The van der Waals surface area contributed by atoms with Gasteiger partial charge in [-0.1, -0.05) is 80.6 Å². The molecular formula is C59H67N4NaO14S2. The van der Waals surface area contributed by atoms with Crippen LogP contribution in [-0.2, 0) is 59.9 Å². The van der Waals surface area contributed by atoms with E-state index in [1.807, 2.05) is 60.7 Å². The molecule has 4 amide bonds. The number of unbranched alkanes of at least 4 members (excludes halogenated alkanes) is 4. The Morgan fingerprint density at radius 1 is 0.725 bits per heavy atom.